The number of methoxy groups -OCH3 is 2. The summed E-state index contributed by atoms with van der Waals surface area (Å²) in [5.74, 6) is 1.42. The van der Waals surface area contributed by atoms with Gasteiger partial charge >= 0.3 is 6.03 Å². The van der Waals surface area contributed by atoms with Gasteiger partial charge in [-0.05, 0) is 24.3 Å². The van der Waals surface area contributed by atoms with Crippen LogP contribution in [-0.2, 0) is 0 Å². The predicted octanol–water partition coefficient (Wildman–Crippen LogP) is 2.18. The van der Waals surface area contributed by atoms with E-state index in [2.05, 4.69) is 15.3 Å². The number of urea groups is 1. The van der Waals surface area contributed by atoms with E-state index >= 15 is 0 Å². The van der Waals surface area contributed by atoms with E-state index in [0.29, 0.717) is 30.5 Å². The lowest BCUT2D eigenvalue weighted by Gasteiger charge is -2.18. The average Bonchev–Trinajstić information content (AvgIpc) is 3.11. The third-order valence-electron chi connectivity index (χ3n) is 3.88. The Morgan fingerprint density at radius 3 is 2.52 bits per heavy atom. The van der Waals surface area contributed by atoms with Crippen LogP contribution in [0.3, 0.4) is 0 Å². The van der Waals surface area contributed by atoms with Crippen molar-refractivity contribution in [1.29, 1.82) is 0 Å². The van der Waals surface area contributed by atoms with E-state index in [-0.39, 0.29) is 12.1 Å². The third-order valence-corrected chi connectivity index (χ3v) is 3.88. The molecule has 0 radical (unpaired) electrons. The fraction of sp³-hybridized carbons (Fsp3) is 0.353. The maximum absolute atomic E-state index is 12.4. The maximum atomic E-state index is 12.4. The third kappa shape index (κ3) is 4.09. The lowest BCUT2D eigenvalue weighted by Crippen LogP contribution is -2.34. The van der Waals surface area contributed by atoms with Gasteiger partial charge in [0.1, 0.15) is 11.9 Å². The zero-order valence-corrected chi connectivity index (χ0v) is 14.1. The first kappa shape index (κ1) is 16.8. The molecule has 1 aliphatic rings. The van der Waals surface area contributed by atoms with E-state index in [9.17, 15) is 4.79 Å². The summed E-state index contributed by atoms with van der Waals surface area (Å²) in [6, 6.07) is 7.02. The van der Waals surface area contributed by atoms with E-state index in [1.807, 2.05) is 0 Å². The van der Waals surface area contributed by atoms with E-state index in [1.165, 1.54) is 13.3 Å². The first-order chi connectivity index (χ1) is 12.2. The lowest BCUT2D eigenvalue weighted by molar-refractivity contribution is 0.182. The zero-order valence-electron chi connectivity index (χ0n) is 14.1. The number of rotatable bonds is 5. The summed E-state index contributed by atoms with van der Waals surface area (Å²) >= 11 is 0. The van der Waals surface area contributed by atoms with Crippen molar-refractivity contribution in [3.8, 4) is 17.5 Å². The van der Waals surface area contributed by atoms with Crippen molar-refractivity contribution in [2.45, 2.75) is 12.5 Å². The number of nitrogens with one attached hydrogen (secondary N) is 1. The molecule has 2 amide bonds. The van der Waals surface area contributed by atoms with Crippen molar-refractivity contribution in [2.24, 2.45) is 0 Å². The van der Waals surface area contributed by atoms with Gasteiger partial charge in [0, 0.05) is 31.0 Å². The van der Waals surface area contributed by atoms with Crippen LogP contribution in [0.15, 0.2) is 36.7 Å². The molecular weight excluding hydrogens is 324 g/mol. The molecule has 1 saturated heterocycles. The van der Waals surface area contributed by atoms with Gasteiger partial charge in [-0.15, -0.1) is 0 Å². The van der Waals surface area contributed by atoms with Crippen LogP contribution in [0.25, 0.3) is 0 Å². The van der Waals surface area contributed by atoms with Gasteiger partial charge in [-0.25, -0.2) is 14.8 Å². The highest BCUT2D eigenvalue weighted by Crippen LogP contribution is 2.24. The van der Waals surface area contributed by atoms with Gasteiger partial charge in [0.05, 0.1) is 20.8 Å². The molecular formula is C17H20N4O4. The SMILES string of the molecule is COc1ccc(NC(=O)N2CCC(Oc3nccnc3OC)C2)cc1. The second-order valence-corrected chi connectivity index (χ2v) is 5.50. The van der Waals surface area contributed by atoms with Crippen molar-refractivity contribution < 1.29 is 19.0 Å². The van der Waals surface area contributed by atoms with Gasteiger partial charge < -0.3 is 24.4 Å². The van der Waals surface area contributed by atoms with Crippen molar-refractivity contribution >= 4 is 11.7 Å². The van der Waals surface area contributed by atoms with Crippen LogP contribution in [0, 0.1) is 0 Å². The fourth-order valence-electron chi connectivity index (χ4n) is 2.58. The Kier molecular flexibility index (Phi) is 5.17. The minimum absolute atomic E-state index is 0.146. The molecule has 3 rings (SSSR count). The highest BCUT2D eigenvalue weighted by atomic mass is 16.5. The molecule has 132 valence electrons. The molecule has 2 aromatic rings. The van der Waals surface area contributed by atoms with Crippen LogP contribution in [-0.4, -0.2) is 54.3 Å². The predicted molar refractivity (Wildman–Crippen MR) is 91.2 cm³/mol. The summed E-state index contributed by atoms with van der Waals surface area (Å²) < 4.78 is 16.1. The summed E-state index contributed by atoms with van der Waals surface area (Å²) in [4.78, 5) is 22.2. The van der Waals surface area contributed by atoms with Crippen LogP contribution >= 0.6 is 0 Å². The van der Waals surface area contributed by atoms with Crippen molar-refractivity contribution in [3.63, 3.8) is 0 Å². The standard InChI is InChI=1S/C17H20N4O4/c1-23-13-5-3-12(4-6-13)20-17(22)21-10-7-14(11-21)25-16-15(24-2)18-8-9-19-16/h3-6,8-9,14H,7,10-11H2,1-2H3,(H,20,22). The Hall–Kier alpha value is -3.03. The summed E-state index contributed by atoms with van der Waals surface area (Å²) in [6.45, 7) is 1.08. The number of amides is 2. The van der Waals surface area contributed by atoms with Crippen LogP contribution in [0.4, 0.5) is 10.5 Å². The van der Waals surface area contributed by atoms with Gasteiger partial charge in [-0.1, -0.05) is 0 Å². The highest BCUT2D eigenvalue weighted by Gasteiger charge is 2.29. The topological polar surface area (TPSA) is 85.8 Å². The number of aromatic nitrogens is 2. The highest BCUT2D eigenvalue weighted by molar-refractivity contribution is 5.89. The number of carbonyl (C=O) groups excluding carboxylic acids is 1. The summed E-state index contributed by atoms with van der Waals surface area (Å²) in [5, 5.41) is 2.87. The van der Waals surface area contributed by atoms with Crippen LogP contribution in [0.2, 0.25) is 0 Å². The largest absolute Gasteiger partial charge is 0.497 e. The van der Waals surface area contributed by atoms with E-state index in [0.717, 1.165) is 12.2 Å². The summed E-state index contributed by atoms with van der Waals surface area (Å²) in [6.07, 6.45) is 3.65. The van der Waals surface area contributed by atoms with Crippen molar-refractivity contribution in [3.05, 3.63) is 36.7 Å². The number of ether oxygens (including phenoxy) is 3. The second kappa shape index (κ2) is 7.69. The molecule has 0 saturated carbocycles. The smallest absolute Gasteiger partial charge is 0.321 e. The van der Waals surface area contributed by atoms with Crippen LogP contribution in [0.1, 0.15) is 6.42 Å². The Morgan fingerprint density at radius 2 is 1.84 bits per heavy atom. The number of anilines is 1. The van der Waals surface area contributed by atoms with Crippen LogP contribution < -0.4 is 19.5 Å². The maximum Gasteiger partial charge on any atom is 0.321 e. The Morgan fingerprint density at radius 1 is 1.12 bits per heavy atom. The number of nitrogens with zero attached hydrogens (tertiary/aromatic N) is 3. The Balaban J connectivity index is 1.55. The lowest BCUT2D eigenvalue weighted by atomic mass is 10.3. The van der Waals surface area contributed by atoms with E-state index in [4.69, 9.17) is 14.2 Å². The Bertz CT molecular complexity index is 723. The molecule has 1 N–H and O–H groups in total. The monoisotopic (exact) mass is 344 g/mol. The number of benzene rings is 1. The molecule has 1 atom stereocenters. The molecule has 1 aromatic heterocycles. The first-order valence-electron chi connectivity index (χ1n) is 7.91. The quantitative estimate of drug-likeness (QED) is 0.895. The van der Waals surface area contributed by atoms with Crippen molar-refractivity contribution in [2.75, 3.05) is 32.6 Å². The van der Waals surface area contributed by atoms with Gasteiger partial charge in [-0.3, -0.25) is 0 Å². The molecule has 25 heavy (non-hydrogen) atoms. The van der Waals surface area contributed by atoms with Gasteiger partial charge in [0.15, 0.2) is 0 Å². The summed E-state index contributed by atoms with van der Waals surface area (Å²) in [7, 11) is 3.12. The molecule has 1 aromatic carbocycles. The number of hydrogen-bond acceptors (Lipinski definition) is 6. The first-order valence-corrected chi connectivity index (χ1v) is 7.91. The fourth-order valence-corrected chi connectivity index (χ4v) is 2.58. The molecule has 0 spiro atoms. The molecule has 2 heterocycles. The number of carbonyl (C=O) groups is 1. The minimum Gasteiger partial charge on any atom is -0.497 e. The van der Waals surface area contributed by atoms with Gasteiger partial charge in [-0.2, -0.15) is 0 Å². The normalized spacial score (nSPS) is 16.4. The molecule has 8 heteroatoms. The van der Waals surface area contributed by atoms with Crippen molar-refractivity contribution in [1.82, 2.24) is 14.9 Å². The molecule has 0 aliphatic carbocycles. The number of likely N-dealkylation sites (tertiary alicyclic amines) is 1. The minimum atomic E-state index is -0.164. The Labute approximate surface area is 145 Å². The van der Waals surface area contributed by atoms with E-state index in [1.54, 1.807) is 42.5 Å². The summed E-state index contributed by atoms with van der Waals surface area (Å²) in [5.41, 5.74) is 0.714. The number of hydrogen-bond donors (Lipinski definition) is 1. The van der Waals surface area contributed by atoms with Crippen LogP contribution in [0.5, 0.6) is 17.5 Å². The van der Waals surface area contributed by atoms with Gasteiger partial charge in [0.2, 0.25) is 0 Å². The molecule has 8 nitrogen and oxygen atoms in total. The van der Waals surface area contributed by atoms with Gasteiger partial charge in [0.25, 0.3) is 11.8 Å². The second-order valence-electron chi connectivity index (χ2n) is 5.50. The molecule has 1 aliphatic heterocycles. The molecule has 0 bridgehead atoms. The zero-order chi connectivity index (χ0) is 17.6. The average molecular weight is 344 g/mol. The van der Waals surface area contributed by atoms with E-state index < -0.39 is 0 Å². The molecule has 1 fully saturated rings. The molecule has 1 unspecified atom stereocenters.